The van der Waals surface area contributed by atoms with Crippen LogP contribution in [0.2, 0.25) is 0 Å². The Morgan fingerprint density at radius 2 is 2.25 bits per heavy atom. The first-order valence-corrected chi connectivity index (χ1v) is 5.75. The summed E-state index contributed by atoms with van der Waals surface area (Å²) < 4.78 is 5.67. The third-order valence-electron chi connectivity index (χ3n) is 2.91. The molecule has 0 amide bonds. The number of nitrogens with one attached hydrogen (secondary N) is 1. The highest BCUT2D eigenvalue weighted by Crippen LogP contribution is 2.27. The van der Waals surface area contributed by atoms with Crippen LogP contribution in [-0.2, 0) is 4.74 Å². The molecule has 3 nitrogen and oxygen atoms in total. The Morgan fingerprint density at radius 3 is 2.94 bits per heavy atom. The Morgan fingerprint density at radius 1 is 1.44 bits per heavy atom. The predicted molar refractivity (Wildman–Crippen MR) is 64.8 cm³/mol. The second kappa shape index (κ2) is 4.34. The summed E-state index contributed by atoms with van der Waals surface area (Å²) in [6.07, 6.45) is 2.00. The van der Waals surface area contributed by atoms with Gasteiger partial charge in [-0.15, -0.1) is 0 Å². The SMILES string of the molecule is CC1(C)CC(Nc2cccc(O)c2)CCO1. The van der Waals surface area contributed by atoms with E-state index in [1.807, 2.05) is 12.1 Å². The van der Waals surface area contributed by atoms with Crippen LogP contribution in [0.5, 0.6) is 5.75 Å². The molecule has 16 heavy (non-hydrogen) atoms. The zero-order chi connectivity index (χ0) is 11.6. The fraction of sp³-hybridized carbons (Fsp3) is 0.538. The lowest BCUT2D eigenvalue weighted by molar-refractivity contribution is -0.0553. The van der Waals surface area contributed by atoms with Gasteiger partial charge in [0.25, 0.3) is 0 Å². The Bertz CT molecular complexity index is 363. The molecule has 1 aliphatic heterocycles. The third kappa shape index (κ3) is 2.89. The number of anilines is 1. The number of ether oxygens (including phenoxy) is 1. The highest BCUT2D eigenvalue weighted by Gasteiger charge is 2.28. The Kier molecular flexibility index (Phi) is 3.06. The van der Waals surface area contributed by atoms with Crippen LogP contribution in [0, 0.1) is 0 Å². The van der Waals surface area contributed by atoms with Crippen molar-refractivity contribution < 1.29 is 9.84 Å². The summed E-state index contributed by atoms with van der Waals surface area (Å²) in [5.74, 6) is 0.302. The van der Waals surface area contributed by atoms with Crippen molar-refractivity contribution >= 4 is 5.69 Å². The van der Waals surface area contributed by atoms with Crippen molar-refractivity contribution in [2.24, 2.45) is 0 Å². The molecule has 0 saturated carbocycles. The van der Waals surface area contributed by atoms with Gasteiger partial charge < -0.3 is 15.2 Å². The Hall–Kier alpha value is -1.22. The molecule has 0 radical (unpaired) electrons. The van der Waals surface area contributed by atoms with Gasteiger partial charge >= 0.3 is 0 Å². The average molecular weight is 221 g/mol. The number of hydrogen-bond donors (Lipinski definition) is 2. The minimum atomic E-state index is -0.0489. The first kappa shape index (κ1) is 11.3. The monoisotopic (exact) mass is 221 g/mol. The van der Waals surface area contributed by atoms with Gasteiger partial charge in [0.15, 0.2) is 0 Å². The average Bonchev–Trinajstić information content (AvgIpc) is 2.15. The van der Waals surface area contributed by atoms with E-state index in [9.17, 15) is 5.11 Å². The van der Waals surface area contributed by atoms with E-state index in [-0.39, 0.29) is 5.60 Å². The summed E-state index contributed by atoms with van der Waals surface area (Å²) in [5.41, 5.74) is 0.926. The quantitative estimate of drug-likeness (QED) is 0.807. The normalized spacial score (nSPS) is 24.0. The smallest absolute Gasteiger partial charge is 0.117 e. The molecular weight excluding hydrogens is 202 g/mol. The number of rotatable bonds is 2. The van der Waals surface area contributed by atoms with Crippen LogP contribution >= 0.6 is 0 Å². The zero-order valence-corrected chi connectivity index (χ0v) is 9.86. The molecule has 0 spiro atoms. The van der Waals surface area contributed by atoms with E-state index in [0.717, 1.165) is 25.1 Å². The van der Waals surface area contributed by atoms with Gasteiger partial charge in [-0.3, -0.25) is 0 Å². The lowest BCUT2D eigenvalue weighted by atomic mass is 9.94. The Balaban J connectivity index is 1.99. The van der Waals surface area contributed by atoms with Gasteiger partial charge in [-0.25, -0.2) is 0 Å². The summed E-state index contributed by atoms with van der Waals surface area (Å²) in [4.78, 5) is 0. The largest absolute Gasteiger partial charge is 0.508 e. The summed E-state index contributed by atoms with van der Waals surface area (Å²) >= 11 is 0. The molecule has 1 aromatic carbocycles. The minimum Gasteiger partial charge on any atom is -0.508 e. The molecule has 2 rings (SSSR count). The van der Waals surface area contributed by atoms with Crippen molar-refractivity contribution in [3.8, 4) is 5.75 Å². The van der Waals surface area contributed by atoms with Crippen molar-refractivity contribution in [1.29, 1.82) is 0 Å². The molecule has 1 aromatic rings. The highest BCUT2D eigenvalue weighted by molar-refractivity contribution is 5.48. The van der Waals surface area contributed by atoms with Gasteiger partial charge in [0.05, 0.1) is 5.60 Å². The van der Waals surface area contributed by atoms with Crippen LogP contribution in [0.25, 0.3) is 0 Å². The molecule has 0 aliphatic carbocycles. The second-order valence-electron chi connectivity index (χ2n) is 4.99. The number of aromatic hydroxyl groups is 1. The van der Waals surface area contributed by atoms with Crippen LogP contribution < -0.4 is 5.32 Å². The molecule has 1 atom stereocenters. The maximum Gasteiger partial charge on any atom is 0.117 e. The van der Waals surface area contributed by atoms with Crippen LogP contribution in [0.4, 0.5) is 5.69 Å². The number of phenols is 1. The predicted octanol–water partition coefficient (Wildman–Crippen LogP) is 2.76. The van der Waals surface area contributed by atoms with Gasteiger partial charge in [0.2, 0.25) is 0 Å². The van der Waals surface area contributed by atoms with Crippen molar-refractivity contribution in [2.75, 3.05) is 11.9 Å². The van der Waals surface area contributed by atoms with Crippen molar-refractivity contribution in [2.45, 2.75) is 38.3 Å². The van der Waals surface area contributed by atoms with Gasteiger partial charge in [-0.1, -0.05) is 6.07 Å². The summed E-state index contributed by atoms with van der Waals surface area (Å²) in [6.45, 7) is 5.02. The number of benzene rings is 1. The molecule has 1 unspecified atom stereocenters. The van der Waals surface area contributed by atoms with Gasteiger partial charge in [0.1, 0.15) is 5.75 Å². The molecule has 1 fully saturated rings. The molecule has 1 heterocycles. The fourth-order valence-electron chi connectivity index (χ4n) is 2.19. The van der Waals surface area contributed by atoms with E-state index < -0.39 is 0 Å². The lowest BCUT2D eigenvalue weighted by Gasteiger charge is -2.36. The van der Waals surface area contributed by atoms with E-state index in [1.165, 1.54) is 0 Å². The fourth-order valence-corrected chi connectivity index (χ4v) is 2.19. The summed E-state index contributed by atoms with van der Waals surface area (Å²) in [7, 11) is 0. The van der Waals surface area contributed by atoms with Crippen molar-refractivity contribution in [3.63, 3.8) is 0 Å². The minimum absolute atomic E-state index is 0.0489. The maximum atomic E-state index is 9.38. The van der Waals surface area contributed by atoms with Gasteiger partial charge in [-0.05, 0) is 38.8 Å². The van der Waals surface area contributed by atoms with Gasteiger partial charge in [0, 0.05) is 24.4 Å². The topological polar surface area (TPSA) is 41.5 Å². The lowest BCUT2D eigenvalue weighted by Crippen LogP contribution is -2.40. The highest BCUT2D eigenvalue weighted by atomic mass is 16.5. The van der Waals surface area contributed by atoms with Crippen molar-refractivity contribution in [1.82, 2.24) is 0 Å². The molecular formula is C13H19NO2. The van der Waals surface area contributed by atoms with E-state index >= 15 is 0 Å². The van der Waals surface area contributed by atoms with E-state index in [1.54, 1.807) is 12.1 Å². The number of hydrogen-bond acceptors (Lipinski definition) is 3. The standard InChI is InChI=1S/C13H19NO2/c1-13(2)9-11(6-7-16-13)14-10-4-3-5-12(15)8-10/h3-5,8,11,14-15H,6-7,9H2,1-2H3. The molecule has 1 saturated heterocycles. The molecule has 3 heteroatoms. The number of phenolic OH excluding ortho intramolecular Hbond substituents is 1. The molecule has 1 aliphatic rings. The first-order valence-electron chi connectivity index (χ1n) is 5.75. The van der Waals surface area contributed by atoms with E-state index in [2.05, 4.69) is 19.2 Å². The maximum absolute atomic E-state index is 9.38. The van der Waals surface area contributed by atoms with E-state index in [4.69, 9.17) is 4.74 Å². The molecule has 0 aromatic heterocycles. The molecule has 0 bridgehead atoms. The van der Waals surface area contributed by atoms with Crippen molar-refractivity contribution in [3.05, 3.63) is 24.3 Å². The van der Waals surface area contributed by atoms with E-state index in [0.29, 0.717) is 11.8 Å². The van der Waals surface area contributed by atoms with Gasteiger partial charge in [-0.2, -0.15) is 0 Å². The first-order chi connectivity index (χ1) is 7.55. The summed E-state index contributed by atoms with van der Waals surface area (Å²) in [5, 5.41) is 12.8. The van der Waals surface area contributed by atoms with Crippen LogP contribution in [0.1, 0.15) is 26.7 Å². The summed E-state index contributed by atoms with van der Waals surface area (Å²) in [6, 6.07) is 7.68. The van der Waals surface area contributed by atoms with Crippen LogP contribution in [0.3, 0.4) is 0 Å². The van der Waals surface area contributed by atoms with Crippen LogP contribution in [0.15, 0.2) is 24.3 Å². The van der Waals surface area contributed by atoms with Crippen LogP contribution in [-0.4, -0.2) is 23.4 Å². The third-order valence-corrected chi connectivity index (χ3v) is 2.91. The molecule has 88 valence electrons. The second-order valence-corrected chi connectivity index (χ2v) is 4.99. The zero-order valence-electron chi connectivity index (χ0n) is 9.86. The molecule has 2 N–H and O–H groups in total. The Labute approximate surface area is 96.4 Å².